The predicted molar refractivity (Wildman–Crippen MR) is 68.0 cm³/mol. The summed E-state index contributed by atoms with van der Waals surface area (Å²) in [4.78, 5) is 0. The van der Waals surface area contributed by atoms with Crippen molar-refractivity contribution >= 4 is 5.69 Å². The Labute approximate surface area is 95.9 Å². The van der Waals surface area contributed by atoms with Gasteiger partial charge in [0.05, 0.1) is 12.8 Å². The summed E-state index contributed by atoms with van der Waals surface area (Å²) in [6.45, 7) is 0. The molecule has 2 aromatic rings. The Kier molecular flexibility index (Phi) is 3.10. The molecule has 0 spiro atoms. The second-order valence-electron chi connectivity index (χ2n) is 3.53. The minimum absolute atomic E-state index is 0.863. The molecule has 0 radical (unpaired) electrons. The lowest BCUT2D eigenvalue weighted by molar-refractivity contribution is 0.416. The van der Waals surface area contributed by atoms with Crippen LogP contribution in [0.4, 0.5) is 5.69 Å². The Morgan fingerprint density at radius 3 is 2.31 bits per heavy atom. The molecular formula is C14H15NO. The Hall–Kier alpha value is -1.96. The van der Waals surface area contributed by atoms with E-state index in [9.17, 15) is 0 Å². The van der Waals surface area contributed by atoms with E-state index in [1.54, 1.807) is 7.11 Å². The largest absolute Gasteiger partial charge is 0.495 e. The van der Waals surface area contributed by atoms with Crippen molar-refractivity contribution in [2.24, 2.45) is 0 Å². The number of hydrogen-bond acceptors (Lipinski definition) is 2. The third-order valence-electron chi connectivity index (χ3n) is 2.58. The molecule has 0 atom stereocenters. The maximum Gasteiger partial charge on any atom is 0.141 e. The molecule has 2 rings (SSSR count). The van der Waals surface area contributed by atoms with Gasteiger partial charge in [-0.3, -0.25) is 0 Å². The van der Waals surface area contributed by atoms with Crippen LogP contribution in [-0.4, -0.2) is 14.2 Å². The lowest BCUT2D eigenvalue weighted by atomic mass is 10.0. The zero-order chi connectivity index (χ0) is 11.4. The minimum atomic E-state index is 0.863. The smallest absolute Gasteiger partial charge is 0.141 e. The van der Waals surface area contributed by atoms with Crippen LogP contribution in [0.25, 0.3) is 11.1 Å². The second-order valence-corrected chi connectivity index (χ2v) is 3.53. The first-order valence-electron chi connectivity index (χ1n) is 5.26. The van der Waals surface area contributed by atoms with Crippen molar-refractivity contribution in [3.63, 3.8) is 0 Å². The van der Waals surface area contributed by atoms with Gasteiger partial charge in [0, 0.05) is 7.05 Å². The molecule has 0 fully saturated rings. The molecule has 82 valence electrons. The number of hydrogen-bond donors (Lipinski definition) is 1. The maximum atomic E-state index is 5.26. The van der Waals surface area contributed by atoms with E-state index < -0.39 is 0 Å². The number of nitrogens with one attached hydrogen (secondary N) is 1. The van der Waals surface area contributed by atoms with Crippen molar-refractivity contribution in [1.82, 2.24) is 0 Å². The van der Waals surface area contributed by atoms with Crippen LogP contribution in [0.1, 0.15) is 0 Å². The van der Waals surface area contributed by atoms with E-state index in [-0.39, 0.29) is 0 Å². The van der Waals surface area contributed by atoms with Crippen LogP contribution >= 0.6 is 0 Å². The van der Waals surface area contributed by atoms with Crippen LogP contribution in [0.15, 0.2) is 48.5 Å². The lowest BCUT2D eigenvalue weighted by Gasteiger charge is -2.10. The van der Waals surface area contributed by atoms with E-state index in [2.05, 4.69) is 29.6 Å². The van der Waals surface area contributed by atoms with Crippen LogP contribution in [0.3, 0.4) is 0 Å². The Balaban J connectivity index is 2.44. The fourth-order valence-electron chi connectivity index (χ4n) is 1.71. The first-order chi connectivity index (χ1) is 7.85. The number of rotatable bonds is 3. The quantitative estimate of drug-likeness (QED) is 0.843. The molecular weight excluding hydrogens is 198 g/mol. The van der Waals surface area contributed by atoms with Gasteiger partial charge in [0.1, 0.15) is 5.75 Å². The second kappa shape index (κ2) is 4.71. The third-order valence-corrected chi connectivity index (χ3v) is 2.58. The Morgan fingerprint density at radius 2 is 1.69 bits per heavy atom. The van der Waals surface area contributed by atoms with E-state index in [1.165, 1.54) is 11.1 Å². The van der Waals surface area contributed by atoms with Gasteiger partial charge in [0.25, 0.3) is 0 Å². The highest BCUT2D eigenvalue weighted by Gasteiger charge is 2.03. The summed E-state index contributed by atoms with van der Waals surface area (Å²) < 4.78 is 5.26. The highest BCUT2D eigenvalue weighted by Crippen LogP contribution is 2.29. The van der Waals surface area contributed by atoms with Gasteiger partial charge >= 0.3 is 0 Å². The summed E-state index contributed by atoms with van der Waals surface area (Å²) in [6.07, 6.45) is 0. The zero-order valence-electron chi connectivity index (χ0n) is 9.53. The number of methoxy groups -OCH3 is 1. The molecule has 0 aliphatic carbocycles. The molecule has 0 aromatic heterocycles. The topological polar surface area (TPSA) is 21.3 Å². The first-order valence-corrected chi connectivity index (χ1v) is 5.26. The molecule has 0 unspecified atom stereocenters. The number of benzene rings is 2. The number of anilines is 1. The monoisotopic (exact) mass is 213 g/mol. The summed E-state index contributed by atoms with van der Waals surface area (Å²) in [5.41, 5.74) is 3.40. The predicted octanol–water partition coefficient (Wildman–Crippen LogP) is 3.40. The molecule has 2 nitrogen and oxygen atoms in total. The van der Waals surface area contributed by atoms with Crippen molar-refractivity contribution in [2.75, 3.05) is 19.5 Å². The van der Waals surface area contributed by atoms with Gasteiger partial charge in [-0.1, -0.05) is 36.4 Å². The van der Waals surface area contributed by atoms with Gasteiger partial charge in [0.2, 0.25) is 0 Å². The van der Waals surface area contributed by atoms with Gasteiger partial charge in [-0.2, -0.15) is 0 Å². The third kappa shape index (κ3) is 2.01. The molecule has 0 aliphatic rings. The van der Waals surface area contributed by atoms with E-state index in [4.69, 9.17) is 4.74 Å². The van der Waals surface area contributed by atoms with Gasteiger partial charge < -0.3 is 10.1 Å². The van der Waals surface area contributed by atoms with Crippen molar-refractivity contribution in [3.8, 4) is 16.9 Å². The SMILES string of the molecule is CNc1cc(-c2ccccc2)ccc1OC. The van der Waals surface area contributed by atoms with Gasteiger partial charge in [-0.05, 0) is 23.3 Å². The van der Waals surface area contributed by atoms with E-state index in [0.717, 1.165) is 11.4 Å². The fourth-order valence-corrected chi connectivity index (χ4v) is 1.71. The molecule has 0 saturated heterocycles. The van der Waals surface area contributed by atoms with Crippen LogP contribution in [0.5, 0.6) is 5.75 Å². The normalized spacial score (nSPS) is 9.88. The summed E-state index contributed by atoms with van der Waals surface area (Å²) in [5, 5.41) is 3.13. The van der Waals surface area contributed by atoms with Crippen molar-refractivity contribution in [3.05, 3.63) is 48.5 Å². The van der Waals surface area contributed by atoms with E-state index in [0.29, 0.717) is 0 Å². The van der Waals surface area contributed by atoms with Crippen LogP contribution in [0.2, 0.25) is 0 Å². The first kappa shape index (κ1) is 10.6. The maximum absolute atomic E-state index is 5.26. The summed E-state index contributed by atoms with van der Waals surface area (Å²) in [5.74, 6) is 0.863. The molecule has 0 amide bonds. The molecule has 2 aromatic carbocycles. The van der Waals surface area contributed by atoms with Crippen LogP contribution < -0.4 is 10.1 Å². The Bertz CT molecular complexity index is 465. The molecule has 0 heterocycles. The summed E-state index contributed by atoms with van der Waals surface area (Å²) >= 11 is 0. The van der Waals surface area contributed by atoms with Crippen LogP contribution in [0, 0.1) is 0 Å². The molecule has 2 heteroatoms. The molecule has 1 N–H and O–H groups in total. The highest BCUT2D eigenvalue weighted by molar-refractivity contribution is 5.71. The highest BCUT2D eigenvalue weighted by atomic mass is 16.5. The van der Waals surface area contributed by atoms with Gasteiger partial charge in [0.15, 0.2) is 0 Å². The standard InChI is InChI=1S/C14H15NO/c1-15-13-10-12(8-9-14(13)16-2)11-6-4-3-5-7-11/h3-10,15H,1-2H3. The number of ether oxygens (including phenoxy) is 1. The molecule has 0 bridgehead atoms. The average Bonchev–Trinajstić information content (AvgIpc) is 2.39. The molecule has 0 aliphatic heterocycles. The van der Waals surface area contributed by atoms with E-state index >= 15 is 0 Å². The van der Waals surface area contributed by atoms with Crippen molar-refractivity contribution < 1.29 is 4.74 Å². The Morgan fingerprint density at radius 1 is 0.938 bits per heavy atom. The van der Waals surface area contributed by atoms with Gasteiger partial charge in [-0.15, -0.1) is 0 Å². The molecule has 16 heavy (non-hydrogen) atoms. The average molecular weight is 213 g/mol. The zero-order valence-corrected chi connectivity index (χ0v) is 9.53. The summed E-state index contributed by atoms with van der Waals surface area (Å²) in [6, 6.07) is 16.4. The van der Waals surface area contributed by atoms with Crippen molar-refractivity contribution in [2.45, 2.75) is 0 Å². The van der Waals surface area contributed by atoms with Crippen molar-refractivity contribution in [1.29, 1.82) is 0 Å². The minimum Gasteiger partial charge on any atom is -0.495 e. The van der Waals surface area contributed by atoms with Crippen LogP contribution in [-0.2, 0) is 0 Å². The summed E-state index contributed by atoms with van der Waals surface area (Å²) in [7, 11) is 3.57. The lowest BCUT2D eigenvalue weighted by Crippen LogP contribution is -1.93. The van der Waals surface area contributed by atoms with E-state index in [1.807, 2.05) is 31.3 Å². The fraction of sp³-hybridized carbons (Fsp3) is 0.143. The van der Waals surface area contributed by atoms with Gasteiger partial charge in [-0.25, -0.2) is 0 Å². The molecule has 0 saturated carbocycles.